The highest BCUT2D eigenvalue weighted by molar-refractivity contribution is 6.39. The summed E-state index contributed by atoms with van der Waals surface area (Å²) in [6.07, 6.45) is 1.45. The summed E-state index contributed by atoms with van der Waals surface area (Å²) in [5, 5.41) is 3.80. The van der Waals surface area contributed by atoms with Gasteiger partial charge in [0.05, 0.1) is 38.9 Å². The maximum atomic E-state index is 13.5. The van der Waals surface area contributed by atoms with Crippen molar-refractivity contribution >= 4 is 69.1 Å². The van der Waals surface area contributed by atoms with E-state index < -0.39 is 11.6 Å². The third-order valence-corrected chi connectivity index (χ3v) is 5.61. The number of aromatic nitrogens is 5. The molecule has 0 amide bonds. The standard InChI is InChI=1S/C19H16Cl3N9O/c1-7(27-16-13(22)15(24)29-19(25)30-16)17-28-14-10(21)4-3-9(20)12(14)18(32)31(17)8-2-5-11(23)26-6-8/h2-7H,1H3,(H2,23,26)(H5,24,25,27,29,30). The van der Waals surface area contributed by atoms with Crippen molar-refractivity contribution in [2.75, 3.05) is 22.5 Å². The average molecular weight is 493 g/mol. The summed E-state index contributed by atoms with van der Waals surface area (Å²) in [6.45, 7) is 1.75. The predicted octanol–water partition coefficient (Wildman–Crippen LogP) is 3.45. The average Bonchev–Trinajstić information content (AvgIpc) is 2.74. The number of pyridine rings is 1. The van der Waals surface area contributed by atoms with E-state index in [0.29, 0.717) is 11.5 Å². The largest absolute Gasteiger partial charge is 0.384 e. The molecule has 0 aliphatic heterocycles. The molecule has 32 heavy (non-hydrogen) atoms. The lowest BCUT2D eigenvalue weighted by atomic mass is 10.2. The number of benzene rings is 1. The zero-order valence-corrected chi connectivity index (χ0v) is 18.7. The van der Waals surface area contributed by atoms with Crippen molar-refractivity contribution in [3.05, 3.63) is 61.7 Å². The van der Waals surface area contributed by atoms with Crippen molar-refractivity contribution < 1.29 is 0 Å². The van der Waals surface area contributed by atoms with Crippen LogP contribution in [0.5, 0.6) is 0 Å². The van der Waals surface area contributed by atoms with E-state index in [1.807, 2.05) is 0 Å². The Morgan fingerprint density at radius 1 is 1.00 bits per heavy atom. The van der Waals surface area contributed by atoms with Crippen LogP contribution in [0.15, 0.2) is 35.3 Å². The lowest BCUT2D eigenvalue weighted by Crippen LogP contribution is -2.28. The Bertz CT molecular complexity index is 1410. The maximum absolute atomic E-state index is 13.5. The Morgan fingerprint density at radius 2 is 1.72 bits per heavy atom. The molecule has 3 aromatic heterocycles. The second-order valence-corrected chi connectivity index (χ2v) is 7.99. The van der Waals surface area contributed by atoms with E-state index in [0.717, 1.165) is 0 Å². The molecule has 0 fully saturated rings. The molecule has 164 valence electrons. The summed E-state index contributed by atoms with van der Waals surface area (Å²) in [5.41, 5.74) is 17.4. The fourth-order valence-corrected chi connectivity index (χ4v) is 3.72. The third-order valence-electron chi connectivity index (χ3n) is 4.61. The SMILES string of the molecule is CC(Nc1nc(N)nc(N)c1Cl)c1nc2c(Cl)ccc(Cl)c2c(=O)n1-c1ccc(N)nc1. The summed E-state index contributed by atoms with van der Waals surface area (Å²) in [7, 11) is 0. The van der Waals surface area contributed by atoms with Gasteiger partial charge in [0.25, 0.3) is 5.56 Å². The zero-order valence-electron chi connectivity index (χ0n) is 16.5. The number of nitrogens with one attached hydrogen (secondary N) is 1. The van der Waals surface area contributed by atoms with Crippen LogP contribution in [0.25, 0.3) is 16.6 Å². The van der Waals surface area contributed by atoms with Crippen molar-refractivity contribution in [2.45, 2.75) is 13.0 Å². The highest BCUT2D eigenvalue weighted by atomic mass is 35.5. The predicted molar refractivity (Wildman–Crippen MR) is 127 cm³/mol. The van der Waals surface area contributed by atoms with Gasteiger partial charge in [-0.1, -0.05) is 34.8 Å². The lowest BCUT2D eigenvalue weighted by Gasteiger charge is -2.21. The zero-order chi connectivity index (χ0) is 23.2. The Hall–Kier alpha value is -3.34. The summed E-state index contributed by atoms with van der Waals surface area (Å²) in [4.78, 5) is 30.2. The molecule has 0 bridgehead atoms. The fraction of sp³-hybridized carbons (Fsp3) is 0.105. The topological polar surface area (TPSA) is 164 Å². The van der Waals surface area contributed by atoms with E-state index in [4.69, 9.17) is 52.0 Å². The molecule has 1 unspecified atom stereocenters. The molecule has 4 rings (SSSR count). The Balaban J connectivity index is 1.97. The van der Waals surface area contributed by atoms with Gasteiger partial charge in [0.2, 0.25) is 5.95 Å². The van der Waals surface area contributed by atoms with E-state index in [9.17, 15) is 4.79 Å². The fourth-order valence-electron chi connectivity index (χ4n) is 3.15. The number of fused-ring (bicyclic) bond motifs is 1. The molecule has 4 aromatic rings. The molecule has 0 radical (unpaired) electrons. The van der Waals surface area contributed by atoms with E-state index in [1.165, 1.54) is 16.8 Å². The van der Waals surface area contributed by atoms with E-state index in [-0.39, 0.29) is 49.4 Å². The van der Waals surface area contributed by atoms with Crippen molar-refractivity contribution in [3.8, 4) is 5.69 Å². The first-order valence-corrected chi connectivity index (χ1v) is 10.3. The Morgan fingerprint density at radius 3 is 2.41 bits per heavy atom. The smallest absolute Gasteiger partial charge is 0.267 e. The minimum absolute atomic E-state index is 0.00953. The van der Waals surface area contributed by atoms with Crippen LogP contribution in [0.2, 0.25) is 15.1 Å². The molecule has 1 atom stereocenters. The van der Waals surface area contributed by atoms with Crippen LogP contribution >= 0.6 is 34.8 Å². The van der Waals surface area contributed by atoms with Crippen LogP contribution in [0.1, 0.15) is 18.8 Å². The second-order valence-electron chi connectivity index (χ2n) is 6.80. The molecule has 3 heterocycles. The lowest BCUT2D eigenvalue weighted by molar-refractivity contribution is 0.730. The van der Waals surface area contributed by atoms with Crippen molar-refractivity contribution in [3.63, 3.8) is 0 Å². The molecular weight excluding hydrogens is 477 g/mol. The monoisotopic (exact) mass is 491 g/mol. The molecule has 7 N–H and O–H groups in total. The Labute approximate surface area is 196 Å². The minimum atomic E-state index is -0.620. The van der Waals surface area contributed by atoms with Crippen molar-refractivity contribution in [2.24, 2.45) is 0 Å². The summed E-state index contributed by atoms with van der Waals surface area (Å²) < 4.78 is 1.36. The maximum Gasteiger partial charge on any atom is 0.267 e. The van der Waals surface area contributed by atoms with Crippen molar-refractivity contribution in [1.29, 1.82) is 0 Å². The van der Waals surface area contributed by atoms with E-state index in [1.54, 1.807) is 25.1 Å². The highest BCUT2D eigenvalue weighted by Gasteiger charge is 2.22. The van der Waals surface area contributed by atoms with Gasteiger partial charge in [-0.2, -0.15) is 9.97 Å². The van der Waals surface area contributed by atoms with Crippen molar-refractivity contribution in [1.82, 2.24) is 24.5 Å². The van der Waals surface area contributed by atoms with Gasteiger partial charge in [-0.05, 0) is 31.2 Å². The first-order valence-electron chi connectivity index (χ1n) is 9.15. The third kappa shape index (κ3) is 3.83. The minimum Gasteiger partial charge on any atom is -0.384 e. The molecule has 0 spiro atoms. The number of nitrogens with zero attached hydrogens (tertiary/aromatic N) is 5. The van der Waals surface area contributed by atoms with Gasteiger partial charge >= 0.3 is 0 Å². The first kappa shape index (κ1) is 21.9. The quantitative estimate of drug-likeness (QED) is 0.334. The molecule has 10 nitrogen and oxygen atoms in total. The number of rotatable bonds is 4. The molecule has 0 saturated carbocycles. The summed E-state index contributed by atoms with van der Waals surface area (Å²) in [5.74, 6) is 0.698. The second kappa shape index (κ2) is 8.30. The first-order chi connectivity index (χ1) is 15.2. The van der Waals surface area contributed by atoms with Gasteiger partial charge in [-0.3, -0.25) is 9.36 Å². The van der Waals surface area contributed by atoms with Crippen LogP contribution in [0.3, 0.4) is 0 Å². The van der Waals surface area contributed by atoms with Crippen LogP contribution in [0, 0.1) is 0 Å². The molecule has 13 heteroatoms. The van der Waals surface area contributed by atoms with Gasteiger partial charge in [0.1, 0.15) is 22.5 Å². The van der Waals surface area contributed by atoms with Crippen LogP contribution in [-0.4, -0.2) is 24.5 Å². The number of halogens is 3. The molecule has 1 aromatic carbocycles. The van der Waals surface area contributed by atoms with Gasteiger partial charge in [-0.25, -0.2) is 9.97 Å². The van der Waals surface area contributed by atoms with E-state index in [2.05, 4.69) is 25.3 Å². The van der Waals surface area contributed by atoms with E-state index >= 15 is 0 Å². The van der Waals surface area contributed by atoms with Crippen LogP contribution < -0.4 is 28.1 Å². The molecule has 0 saturated heterocycles. The van der Waals surface area contributed by atoms with Gasteiger partial charge in [0, 0.05) is 0 Å². The Kier molecular flexibility index (Phi) is 5.68. The van der Waals surface area contributed by atoms with Crippen LogP contribution in [-0.2, 0) is 0 Å². The van der Waals surface area contributed by atoms with Gasteiger partial charge < -0.3 is 22.5 Å². The number of nitrogen functional groups attached to an aromatic ring is 3. The van der Waals surface area contributed by atoms with Gasteiger partial charge in [-0.15, -0.1) is 0 Å². The molecule has 0 aliphatic carbocycles. The molecular formula is C19H16Cl3N9O. The van der Waals surface area contributed by atoms with Crippen LogP contribution in [0.4, 0.5) is 23.4 Å². The number of hydrogen-bond donors (Lipinski definition) is 4. The number of anilines is 4. The van der Waals surface area contributed by atoms with Gasteiger partial charge in [0.15, 0.2) is 5.82 Å². The normalized spacial score (nSPS) is 12.1. The summed E-state index contributed by atoms with van der Waals surface area (Å²) in [6, 6.07) is 5.69. The number of hydrogen-bond acceptors (Lipinski definition) is 9. The number of nitrogens with two attached hydrogens (primary N) is 3. The summed E-state index contributed by atoms with van der Waals surface area (Å²) >= 11 is 18.9. The highest BCUT2D eigenvalue weighted by Crippen LogP contribution is 2.31. The molecule has 0 aliphatic rings.